The Morgan fingerprint density at radius 1 is 1.21 bits per heavy atom. The molecule has 3 nitrogen and oxygen atoms in total. The Hall–Kier alpha value is -0.550. The van der Waals surface area contributed by atoms with Crippen molar-refractivity contribution < 1.29 is 4.74 Å². The highest BCUT2D eigenvalue weighted by atomic mass is 32.2. The SMILES string of the molecule is CSc1ccc(C(N)C(C)(C)N2CCOCC2)cc1. The molecule has 19 heavy (non-hydrogen) atoms. The predicted molar refractivity (Wildman–Crippen MR) is 81.6 cm³/mol. The van der Waals surface area contributed by atoms with Crippen LogP contribution in [0.15, 0.2) is 29.2 Å². The third kappa shape index (κ3) is 3.31. The summed E-state index contributed by atoms with van der Waals surface area (Å²) in [5.41, 5.74) is 7.66. The Morgan fingerprint density at radius 2 is 1.79 bits per heavy atom. The fourth-order valence-electron chi connectivity index (χ4n) is 2.56. The fraction of sp³-hybridized carbons (Fsp3) is 0.600. The van der Waals surface area contributed by atoms with E-state index in [1.54, 1.807) is 11.8 Å². The van der Waals surface area contributed by atoms with Crippen LogP contribution in [-0.4, -0.2) is 43.0 Å². The van der Waals surface area contributed by atoms with Gasteiger partial charge in [-0.1, -0.05) is 12.1 Å². The van der Waals surface area contributed by atoms with Crippen LogP contribution < -0.4 is 5.73 Å². The molecule has 1 saturated heterocycles. The van der Waals surface area contributed by atoms with Crippen molar-refractivity contribution in [1.29, 1.82) is 0 Å². The third-order valence-corrected chi connectivity index (χ3v) is 4.81. The zero-order valence-corrected chi connectivity index (χ0v) is 12.9. The molecule has 0 amide bonds. The highest BCUT2D eigenvalue weighted by Crippen LogP contribution is 2.30. The molecule has 2 N–H and O–H groups in total. The van der Waals surface area contributed by atoms with Gasteiger partial charge in [0.15, 0.2) is 0 Å². The van der Waals surface area contributed by atoms with Crippen molar-refractivity contribution in [3.05, 3.63) is 29.8 Å². The molecule has 106 valence electrons. The lowest BCUT2D eigenvalue weighted by atomic mass is 9.87. The molecule has 1 aromatic carbocycles. The van der Waals surface area contributed by atoms with Gasteiger partial charge >= 0.3 is 0 Å². The lowest BCUT2D eigenvalue weighted by molar-refractivity contribution is -0.0190. The number of nitrogens with two attached hydrogens (primary N) is 1. The summed E-state index contributed by atoms with van der Waals surface area (Å²) >= 11 is 1.76. The van der Waals surface area contributed by atoms with Crippen molar-refractivity contribution in [3.63, 3.8) is 0 Å². The molecule has 1 unspecified atom stereocenters. The monoisotopic (exact) mass is 280 g/mol. The molecule has 0 bridgehead atoms. The molecule has 0 aromatic heterocycles. The molecular weight excluding hydrogens is 256 g/mol. The number of benzene rings is 1. The van der Waals surface area contributed by atoms with Gasteiger partial charge < -0.3 is 10.5 Å². The summed E-state index contributed by atoms with van der Waals surface area (Å²) in [5, 5.41) is 0. The van der Waals surface area contributed by atoms with Crippen LogP contribution >= 0.6 is 11.8 Å². The maximum atomic E-state index is 6.51. The zero-order valence-electron chi connectivity index (χ0n) is 12.1. The van der Waals surface area contributed by atoms with Gasteiger partial charge in [0, 0.05) is 29.6 Å². The van der Waals surface area contributed by atoms with Gasteiger partial charge in [-0.3, -0.25) is 4.90 Å². The van der Waals surface area contributed by atoms with Crippen LogP contribution in [0.5, 0.6) is 0 Å². The molecule has 0 spiro atoms. The zero-order chi connectivity index (χ0) is 13.9. The third-order valence-electron chi connectivity index (χ3n) is 4.06. The number of ether oxygens (including phenoxy) is 1. The Morgan fingerprint density at radius 3 is 2.32 bits per heavy atom. The summed E-state index contributed by atoms with van der Waals surface area (Å²) in [6.45, 7) is 7.99. The molecule has 0 radical (unpaired) electrons. The fourth-order valence-corrected chi connectivity index (χ4v) is 2.96. The summed E-state index contributed by atoms with van der Waals surface area (Å²) in [6.07, 6.45) is 2.09. The molecule has 2 rings (SSSR count). The van der Waals surface area contributed by atoms with Crippen molar-refractivity contribution in [2.24, 2.45) is 5.73 Å². The number of rotatable bonds is 4. The first-order chi connectivity index (χ1) is 9.05. The minimum atomic E-state index is -0.0509. The van der Waals surface area contributed by atoms with Crippen LogP contribution in [0.2, 0.25) is 0 Å². The van der Waals surface area contributed by atoms with Crippen molar-refractivity contribution in [2.75, 3.05) is 32.6 Å². The van der Waals surface area contributed by atoms with Gasteiger partial charge in [-0.25, -0.2) is 0 Å². The molecule has 1 fully saturated rings. The number of nitrogens with zero attached hydrogens (tertiary/aromatic N) is 1. The van der Waals surface area contributed by atoms with E-state index < -0.39 is 0 Å². The van der Waals surface area contributed by atoms with Crippen LogP contribution in [0.1, 0.15) is 25.5 Å². The molecular formula is C15H24N2OS. The van der Waals surface area contributed by atoms with Crippen LogP contribution in [0, 0.1) is 0 Å². The van der Waals surface area contributed by atoms with Crippen molar-refractivity contribution in [1.82, 2.24) is 4.90 Å². The van der Waals surface area contributed by atoms with E-state index in [1.165, 1.54) is 10.5 Å². The summed E-state index contributed by atoms with van der Waals surface area (Å²) in [7, 11) is 0. The first kappa shape index (κ1) is 14.9. The topological polar surface area (TPSA) is 38.5 Å². The van der Waals surface area contributed by atoms with Crippen LogP contribution in [0.25, 0.3) is 0 Å². The van der Waals surface area contributed by atoms with Gasteiger partial charge in [0.1, 0.15) is 0 Å². The Labute approximate surface area is 120 Å². The normalized spacial score (nSPS) is 19.4. The van der Waals surface area contributed by atoms with E-state index in [0.29, 0.717) is 0 Å². The Kier molecular flexibility index (Phi) is 4.90. The molecule has 1 aromatic rings. The van der Waals surface area contributed by atoms with Gasteiger partial charge in [-0.15, -0.1) is 11.8 Å². The van der Waals surface area contributed by atoms with E-state index in [4.69, 9.17) is 10.5 Å². The first-order valence-electron chi connectivity index (χ1n) is 6.78. The van der Waals surface area contributed by atoms with Gasteiger partial charge in [-0.2, -0.15) is 0 Å². The molecule has 4 heteroatoms. The lowest BCUT2D eigenvalue weighted by Crippen LogP contribution is -2.55. The van der Waals surface area contributed by atoms with E-state index in [-0.39, 0.29) is 11.6 Å². The minimum Gasteiger partial charge on any atom is -0.379 e. The van der Waals surface area contributed by atoms with E-state index in [2.05, 4.69) is 49.3 Å². The second-order valence-corrected chi connectivity index (χ2v) is 6.38. The minimum absolute atomic E-state index is 0.0153. The lowest BCUT2D eigenvalue weighted by Gasteiger charge is -2.44. The van der Waals surface area contributed by atoms with E-state index in [1.807, 2.05) is 0 Å². The maximum absolute atomic E-state index is 6.51. The molecule has 0 saturated carbocycles. The van der Waals surface area contributed by atoms with E-state index in [9.17, 15) is 0 Å². The van der Waals surface area contributed by atoms with Crippen molar-refractivity contribution >= 4 is 11.8 Å². The van der Waals surface area contributed by atoms with Gasteiger partial charge in [0.2, 0.25) is 0 Å². The summed E-state index contributed by atoms with van der Waals surface area (Å²) in [6, 6.07) is 8.61. The van der Waals surface area contributed by atoms with Crippen LogP contribution in [0.3, 0.4) is 0 Å². The summed E-state index contributed by atoms with van der Waals surface area (Å²) < 4.78 is 5.43. The van der Waals surface area contributed by atoms with Crippen molar-refractivity contribution in [2.45, 2.75) is 30.3 Å². The standard InChI is InChI=1S/C15H24N2OS/c1-15(2,17-8-10-18-11-9-17)14(16)12-4-6-13(19-3)7-5-12/h4-7,14H,8-11,16H2,1-3H3. The van der Waals surface area contributed by atoms with Gasteiger partial charge in [-0.05, 0) is 37.8 Å². The van der Waals surface area contributed by atoms with Gasteiger partial charge in [0.25, 0.3) is 0 Å². The van der Waals surface area contributed by atoms with E-state index >= 15 is 0 Å². The average molecular weight is 280 g/mol. The highest BCUT2D eigenvalue weighted by Gasteiger charge is 2.34. The highest BCUT2D eigenvalue weighted by molar-refractivity contribution is 7.98. The van der Waals surface area contributed by atoms with Crippen molar-refractivity contribution in [3.8, 4) is 0 Å². The number of hydrogen-bond acceptors (Lipinski definition) is 4. The smallest absolute Gasteiger partial charge is 0.0594 e. The second kappa shape index (κ2) is 6.27. The van der Waals surface area contributed by atoms with Gasteiger partial charge in [0.05, 0.1) is 13.2 Å². The van der Waals surface area contributed by atoms with Crippen LogP contribution in [0.4, 0.5) is 0 Å². The summed E-state index contributed by atoms with van der Waals surface area (Å²) in [4.78, 5) is 3.71. The Balaban J connectivity index is 2.13. The molecule has 1 atom stereocenters. The second-order valence-electron chi connectivity index (χ2n) is 5.50. The molecule has 1 heterocycles. The predicted octanol–water partition coefficient (Wildman–Crippen LogP) is 2.52. The first-order valence-corrected chi connectivity index (χ1v) is 8.00. The molecule has 0 aliphatic carbocycles. The number of hydrogen-bond donors (Lipinski definition) is 1. The van der Waals surface area contributed by atoms with Crippen LogP contribution in [-0.2, 0) is 4.74 Å². The Bertz CT molecular complexity index is 399. The quantitative estimate of drug-likeness (QED) is 0.860. The number of thioether (sulfide) groups is 1. The summed E-state index contributed by atoms with van der Waals surface area (Å²) in [5.74, 6) is 0. The molecule has 1 aliphatic rings. The maximum Gasteiger partial charge on any atom is 0.0594 e. The molecule has 1 aliphatic heterocycles. The number of morpholine rings is 1. The largest absolute Gasteiger partial charge is 0.379 e. The average Bonchev–Trinajstić information content (AvgIpc) is 2.47. The van der Waals surface area contributed by atoms with E-state index in [0.717, 1.165) is 26.3 Å².